The number of nitrogens with zero attached hydrogens (tertiary/aromatic N) is 4. The predicted octanol–water partition coefficient (Wildman–Crippen LogP) is 5.03. The number of pyridine rings is 2. The van der Waals surface area contributed by atoms with Gasteiger partial charge in [-0.3, -0.25) is 14.9 Å². The van der Waals surface area contributed by atoms with Gasteiger partial charge in [-0.15, -0.1) is 11.3 Å². The van der Waals surface area contributed by atoms with E-state index in [4.69, 9.17) is 9.72 Å². The van der Waals surface area contributed by atoms with E-state index >= 15 is 0 Å². The Bertz CT molecular complexity index is 1620. The molecule has 0 atom stereocenters. The Kier molecular flexibility index (Phi) is 8.79. The number of carbonyl (C=O) groups is 1. The van der Waals surface area contributed by atoms with E-state index in [1.807, 2.05) is 32.2 Å². The lowest BCUT2D eigenvalue weighted by Gasteiger charge is -2.39. The van der Waals surface area contributed by atoms with Gasteiger partial charge in [0.25, 0.3) is 0 Å². The van der Waals surface area contributed by atoms with Gasteiger partial charge in [-0.1, -0.05) is 19.9 Å². The molecule has 3 aromatic heterocycles. The Hall–Kier alpha value is -3.68. The van der Waals surface area contributed by atoms with Crippen LogP contribution in [0.2, 0.25) is 0 Å². The Morgan fingerprint density at radius 2 is 1.84 bits per heavy atom. The predicted molar refractivity (Wildman–Crippen MR) is 168 cm³/mol. The molecular formula is C32H37FN6O4S. The minimum Gasteiger partial charge on any atom is -0.453 e. The van der Waals surface area contributed by atoms with E-state index in [1.165, 1.54) is 23.5 Å². The third-order valence-electron chi connectivity index (χ3n) is 7.98. The standard InChI is InChI=1S/C32H37FN6O4S/c1-32(2,30(40)41)19-39-13-11-38(12-14-39)18-20-3-7-24(35-17-20)28-16-25-29(44-28)27(9-10-34-25)43-26-8-6-22(15-23(26)33)37-31(42)36-21-4-5-21/h3,6-10,15-17,21,30,40-41H,4-5,11-14,18-19H2,1-2H3,(H2,36,37,42). The Labute approximate surface area is 259 Å². The summed E-state index contributed by atoms with van der Waals surface area (Å²) in [5, 5.41) is 24.7. The summed E-state index contributed by atoms with van der Waals surface area (Å²) in [6.45, 7) is 8.74. The van der Waals surface area contributed by atoms with E-state index in [2.05, 4.69) is 31.5 Å². The summed E-state index contributed by atoms with van der Waals surface area (Å²) in [7, 11) is 0. The van der Waals surface area contributed by atoms with Gasteiger partial charge in [0.2, 0.25) is 0 Å². The van der Waals surface area contributed by atoms with Crippen molar-refractivity contribution in [3.63, 3.8) is 0 Å². The molecule has 12 heteroatoms. The molecule has 2 fully saturated rings. The number of fused-ring (bicyclic) bond motifs is 1. The summed E-state index contributed by atoms with van der Waals surface area (Å²) in [5.74, 6) is -0.0361. The van der Waals surface area contributed by atoms with Crippen molar-refractivity contribution in [2.24, 2.45) is 5.41 Å². The number of aromatic nitrogens is 2. The molecule has 44 heavy (non-hydrogen) atoms. The lowest BCUT2D eigenvalue weighted by atomic mass is 9.91. The number of amides is 2. The molecule has 4 heterocycles. The zero-order valence-electron chi connectivity index (χ0n) is 24.8. The second-order valence-corrected chi connectivity index (χ2v) is 13.3. The number of carbonyl (C=O) groups excluding carboxylic acids is 1. The van der Waals surface area contributed by atoms with E-state index in [0.29, 0.717) is 18.0 Å². The number of nitrogens with one attached hydrogen (secondary N) is 2. The van der Waals surface area contributed by atoms with Crippen LogP contribution in [0.1, 0.15) is 32.3 Å². The Morgan fingerprint density at radius 1 is 1.07 bits per heavy atom. The highest BCUT2D eigenvalue weighted by atomic mass is 32.1. The van der Waals surface area contributed by atoms with Crippen LogP contribution in [0.3, 0.4) is 0 Å². The fourth-order valence-corrected chi connectivity index (χ4v) is 6.21. The molecule has 2 amide bonds. The number of benzene rings is 1. The van der Waals surface area contributed by atoms with Gasteiger partial charge in [-0.2, -0.15) is 0 Å². The molecule has 0 bridgehead atoms. The maximum Gasteiger partial charge on any atom is 0.319 e. The van der Waals surface area contributed by atoms with Crippen molar-refractivity contribution < 1.29 is 24.1 Å². The van der Waals surface area contributed by atoms with Gasteiger partial charge in [-0.25, -0.2) is 9.18 Å². The number of ether oxygens (including phenoxy) is 1. The maximum atomic E-state index is 14.9. The second-order valence-electron chi connectivity index (χ2n) is 12.2. The van der Waals surface area contributed by atoms with E-state index in [9.17, 15) is 19.4 Å². The number of urea groups is 1. The molecule has 6 rings (SSSR count). The van der Waals surface area contributed by atoms with Crippen LogP contribution < -0.4 is 15.4 Å². The van der Waals surface area contributed by atoms with Crippen LogP contribution in [0, 0.1) is 11.2 Å². The van der Waals surface area contributed by atoms with Crippen molar-refractivity contribution >= 4 is 33.3 Å². The van der Waals surface area contributed by atoms with Gasteiger partial charge >= 0.3 is 6.03 Å². The minimum absolute atomic E-state index is 0.0543. The van der Waals surface area contributed by atoms with Gasteiger partial charge in [0, 0.05) is 80.9 Å². The number of thiophene rings is 1. The molecule has 1 saturated heterocycles. The van der Waals surface area contributed by atoms with Crippen LogP contribution in [0.15, 0.2) is 54.9 Å². The van der Waals surface area contributed by atoms with Crippen LogP contribution in [0.25, 0.3) is 20.8 Å². The molecule has 4 N–H and O–H groups in total. The summed E-state index contributed by atoms with van der Waals surface area (Å²) in [6.07, 6.45) is 4.14. The molecule has 0 unspecified atom stereocenters. The van der Waals surface area contributed by atoms with Crippen LogP contribution in [0.4, 0.5) is 14.9 Å². The normalized spacial score (nSPS) is 16.4. The number of halogens is 1. The van der Waals surface area contributed by atoms with Crippen LogP contribution in [-0.2, 0) is 6.54 Å². The zero-order valence-corrected chi connectivity index (χ0v) is 25.6. The topological polar surface area (TPSA) is 123 Å². The highest BCUT2D eigenvalue weighted by molar-refractivity contribution is 7.22. The van der Waals surface area contributed by atoms with Gasteiger partial charge < -0.3 is 30.5 Å². The van der Waals surface area contributed by atoms with Crippen molar-refractivity contribution in [2.75, 3.05) is 38.0 Å². The third-order valence-corrected chi connectivity index (χ3v) is 9.14. The lowest BCUT2D eigenvalue weighted by Crippen LogP contribution is -2.50. The average Bonchev–Trinajstić information content (AvgIpc) is 3.69. The molecule has 1 saturated carbocycles. The molecule has 2 aliphatic rings. The average molecular weight is 621 g/mol. The molecule has 232 valence electrons. The molecule has 1 aliphatic carbocycles. The fourth-order valence-electron chi connectivity index (χ4n) is 5.17. The van der Waals surface area contributed by atoms with Crippen molar-refractivity contribution in [1.82, 2.24) is 25.1 Å². The Balaban J connectivity index is 1.08. The van der Waals surface area contributed by atoms with Crippen LogP contribution in [0.5, 0.6) is 11.5 Å². The molecule has 10 nitrogen and oxygen atoms in total. The summed E-state index contributed by atoms with van der Waals surface area (Å²) in [6, 6.07) is 12.0. The molecular weight excluding hydrogens is 583 g/mol. The van der Waals surface area contributed by atoms with E-state index in [1.54, 1.807) is 18.3 Å². The van der Waals surface area contributed by atoms with Crippen molar-refractivity contribution in [1.29, 1.82) is 0 Å². The van der Waals surface area contributed by atoms with Crippen molar-refractivity contribution in [3.05, 3.63) is 66.2 Å². The highest BCUT2D eigenvalue weighted by Gasteiger charge is 2.30. The summed E-state index contributed by atoms with van der Waals surface area (Å²) >= 11 is 1.48. The van der Waals surface area contributed by atoms with E-state index < -0.39 is 17.5 Å². The first-order valence-electron chi connectivity index (χ1n) is 14.8. The fraction of sp³-hybridized carbons (Fsp3) is 0.406. The summed E-state index contributed by atoms with van der Waals surface area (Å²) in [4.78, 5) is 26.8. The van der Waals surface area contributed by atoms with E-state index in [0.717, 1.165) is 71.9 Å². The van der Waals surface area contributed by atoms with Gasteiger partial charge in [0.05, 0.1) is 20.8 Å². The van der Waals surface area contributed by atoms with Gasteiger partial charge in [-0.05, 0) is 42.7 Å². The minimum atomic E-state index is -1.34. The van der Waals surface area contributed by atoms with E-state index in [-0.39, 0.29) is 17.8 Å². The first-order valence-corrected chi connectivity index (χ1v) is 15.6. The summed E-state index contributed by atoms with van der Waals surface area (Å²) in [5.41, 5.74) is 2.47. The summed E-state index contributed by atoms with van der Waals surface area (Å²) < 4.78 is 21.7. The maximum absolute atomic E-state index is 14.9. The van der Waals surface area contributed by atoms with Crippen molar-refractivity contribution in [3.8, 4) is 22.1 Å². The molecule has 0 spiro atoms. The largest absolute Gasteiger partial charge is 0.453 e. The molecule has 0 radical (unpaired) electrons. The first-order chi connectivity index (χ1) is 21.1. The monoisotopic (exact) mass is 620 g/mol. The molecule has 1 aromatic carbocycles. The van der Waals surface area contributed by atoms with Gasteiger partial charge in [0.1, 0.15) is 5.75 Å². The first kappa shape index (κ1) is 30.4. The number of piperazine rings is 1. The second kappa shape index (κ2) is 12.7. The number of aliphatic hydroxyl groups excluding tert-OH is 1. The zero-order chi connectivity index (χ0) is 30.8. The quantitative estimate of drug-likeness (QED) is 0.182. The third kappa shape index (κ3) is 7.33. The number of anilines is 1. The number of hydrogen-bond donors (Lipinski definition) is 4. The number of hydrogen-bond acceptors (Lipinski definition) is 9. The Morgan fingerprint density at radius 3 is 2.52 bits per heavy atom. The number of aliphatic hydroxyl groups is 2. The highest BCUT2D eigenvalue weighted by Crippen LogP contribution is 2.39. The van der Waals surface area contributed by atoms with Crippen LogP contribution in [-0.4, -0.2) is 81.1 Å². The SMILES string of the molecule is CC(C)(CN1CCN(Cc2ccc(-c3cc4nccc(Oc5ccc(NC(=O)NC6CC6)cc5F)c4s3)nc2)CC1)C(O)O. The van der Waals surface area contributed by atoms with Gasteiger partial charge in [0.15, 0.2) is 17.9 Å². The number of rotatable bonds is 10. The lowest BCUT2D eigenvalue weighted by molar-refractivity contribution is -0.131. The smallest absolute Gasteiger partial charge is 0.319 e. The molecule has 1 aliphatic heterocycles. The molecule has 4 aromatic rings. The van der Waals surface area contributed by atoms with Crippen molar-refractivity contribution in [2.45, 2.75) is 45.6 Å². The van der Waals surface area contributed by atoms with Crippen LogP contribution >= 0.6 is 11.3 Å².